The zero-order chi connectivity index (χ0) is 14.8. The lowest BCUT2D eigenvalue weighted by Gasteiger charge is -2.11. The Labute approximate surface area is 131 Å². The molecule has 0 saturated heterocycles. The number of carbonyl (C=O) groups excluding carboxylic acids is 1. The van der Waals surface area contributed by atoms with Gasteiger partial charge in [-0.15, -0.1) is 0 Å². The topological polar surface area (TPSA) is 26.3 Å². The summed E-state index contributed by atoms with van der Waals surface area (Å²) in [5.74, 6) is 1.16. The summed E-state index contributed by atoms with van der Waals surface area (Å²) in [5, 5.41) is 2.68. The monoisotopic (exact) mass is 316 g/mol. The van der Waals surface area contributed by atoms with E-state index in [9.17, 15) is 4.79 Å². The van der Waals surface area contributed by atoms with Crippen molar-refractivity contribution in [3.05, 3.63) is 70.2 Å². The van der Waals surface area contributed by atoms with Crippen LogP contribution in [0, 0.1) is 0 Å². The third-order valence-corrected chi connectivity index (χ3v) is 3.69. The highest BCUT2D eigenvalue weighted by atomic mass is 35.5. The van der Waals surface area contributed by atoms with Crippen molar-refractivity contribution in [2.45, 2.75) is 0 Å². The van der Waals surface area contributed by atoms with Crippen molar-refractivity contribution >= 4 is 40.3 Å². The van der Waals surface area contributed by atoms with E-state index >= 15 is 0 Å². The van der Waals surface area contributed by atoms with Crippen LogP contribution in [0.2, 0.25) is 10.0 Å². The fourth-order valence-corrected chi connectivity index (χ4v) is 2.61. The standard InChI is InChI=1S/C17H10Cl2O2/c18-12-6-8-17(15(19)9-12)21-16-7-5-11(10-20)13-3-1-2-4-14(13)16/h1-10H. The Morgan fingerprint density at radius 1 is 0.857 bits per heavy atom. The van der Waals surface area contributed by atoms with Crippen molar-refractivity contribution in [1.82, 2.24) is 0 Å². The van der Waals surface area contributed by atoms with Gasteiger partial charge in [-0.05, 0) is 35.7 Å². The van der Waals surface area contributed by atoms with E-state index in [0.717, 1.165) is 17.1 Å². The second kappa shape index (κ2) is 5.76. The molecule has 0 atom stereocenters. The van der Waals surface area contributed by atoms with Crippen LogP contribution >= 0.6 is 23.2 Å². The molecule has 3 rings (SSSR count). The van der Waals surface area contributed by atoms with Crippen molar-refractivity contribution in [3.8, 4) is 11.5 Å². The minimum Gasteiger partial charge on any atom is -0.455 e. The van der Waals surface area contributed by atoms with Crippen LogP contribution in [0.3, 0.4) is 0 Å². The minimum absolute atomic E-state index is 0.436. The van der Waals surface area contributed by atoms with Gasteiger partial charge in [-0.1, -0.05) is 47.5 Å². The SMILES string of the molecule is O=Cc1ccc(Oc2ccc(Cl)cc2Cl)c2ccccc12. The predicted molar refractivity (Wildman–Crippen MR) is 85.9 cm³/mol. The van der Waals surface area contributed by atoms with Crippen LogP contribution < -0.4 is 4.74 Å². The number of hydrogen-bond acceptors (Lipinski definition) is 2. The third-order valence-electron chi connectivity index (χ3n) is 3.16. The molecule has 3 aromatic carbocycles. The van der Waals surface area contributed by atoms with Gasteiger partial charge in [0.1, 0.15) is 11.5 Å². The molecule has 0 aliphatic heterocycles. The zero-order valence-electron chi connectivity index (χ0n) is 10.8. The molecule has 0 saturated carbocycles. The fraction of sp³-hybridized carbons (Fsp3) is 0. The molecule has 0 fully saturated rings. The number of benzene rings is 3. The number of fused-ring (bicyclic) bond motifs is 1. The van der Waals surface area contributed by atoms with Crippen molar-refractivity contribution in [3.63, 3.8) is 0 Å². The highest BCUT2D eigenvalue weighted by Gasteiger charge is 2.09. The maximum Gasteiger partial charge on any atom is 0.150 e. The van der Waals surface area contributed by atoms with Crippen LogP contribution in [-0.4, -0.2) is 6.29 Å². The second-order valence-corrected chi connectivity index (χ2v) is 5.34. The molecule has 0 bridgehead atoms. The summed E-state index contributed by atoms with van der Waals surface area (Å²) in [7, 11) is 0. The molecule has 2 nitrogen and oxygen atoms in total. The number of carbonyl (C=O) groups is 1. The van der Waals surface area contributed by atoms with Crippen LogP contribution in [0.5, 0.6) is 11.5 Å². The van der Waals surface area contributed by atoms with Gasteiger partial charge in [0.2, 0.25) is 0 Å². The molecule has 0 aliphatic rings. The highest BCUT2D eigenvalue weighted by Crippen LogP contribution is 2.35. The van der Waals surface area contributed by atoms with E-state index < -0.39 is 0 Å². The average Bonchev–Trinajstić information content (AvgIpc) is 2.50. The summed E-state index contributed by atoms with van der Waals surface area (Å²) in [5.41, 5.74) is 0.625. The van der Waals surface area contributed by atoms with Gasteiger partial charge in [-0.2, -0.15) is 0 Å². The number of aldehydes is 1. The van der Waals surface area contributed by atoms with Gasteiger partial charge < -0.3 is 4.74 Å². The first kappa shape index (κ1) is 13.9. The molecule has 0 heterocycles. The molecule has 0 spiro atoms. The molecule has 3 aromatic rings. The van der Waals surface area contributed by atoms with Crippen molar-refractivity contribution in [2.75, 3.05) is 0 Å². The lowest BCUT2D eigenvalue weighted by atomic mass is 10.0. The van der Waals surface area contributed by atoms with Crippen molar-refractivity contribution in [1.29, 1.82) is 0 Å². The lowest BCUT2D eigenvalue weighted by molar-refractivity contribution is 0.112. The molecule has 104 valence electrons. The van der Waals surface area contributed by atoms with E-state index in [1.165, 1.54) is 0 Å². The van der Waals surface area contributed by atoms with E-state index in [1.54, 1.807) is 30.3 Å². The normalized spacial score (nSPS) is 10.6. The van der Waals surface area contributed by atoms with Gasteiger partial charge in [-0.25, -0.2) is 0 Å². The van der Waals surface area contributed by atoms with E-state index in [4.69, 9.17) is 27.9 Å². The molecule has 0 amide bonds. The smallest absolute Gasteiger partial charge is 0.150 e. The Bertz CT molecular complexity index is 828. The summed E-state index contributed by atoms with van der Waals surface area (Å²) >= 11 is 12.0. The summed E-state index contributed by atoms with van der Waals surface area (Å²) < 4.78 is 5.87. The first-order valence-corrected chi connectivity index (χ1v) is 7.04. The second-order valence-electron chi connectivity index (χ2n) is 4.49. The molecule has 4 heteroatoms. The Kier molecular flexibility index (Phi) is 3.82. The Balaban J connectivity index is 2.11. The zero-order valence-corrected chi connectivity index (χ0v) is 12.4. The molecular weight excluding hydrogens is 307 g/mol. The molecule has 0 unspecified atom stereocenters. The number of hydrogen-bond donors (Lipinski definition) is 0. The third kappa shape index (κ3) is 2.73. The van der Waals surface area contributed by atoms with Gasteiger partial charge in [0, 0.05) is 16.0 Å². The Morgan fingerprint density at radius 3 is 2.29 bits per heavy atom. The van der Waals surface area contributed by atoms with Crippen LogP contribution in [-0.2, 0) is 0 Å². The first-order valence-electron chi connectivity index (χ1n) is 6.29. The summed E-state index contributed by atoms with van der Waals surface area (Å²) in [6.07, 6.45) is 0.835. The minimum atomic E-state index is 0.436. The number of rotatable bonds is 3. The average molecular weight is 317 g/mol. The molecule has 0 aliphatic carbocycles. The van der Waals surface area contributed by atoms with Crippen LogP contribution in [0.25, 0.3) is 10.8 Å². The Hall–Kier alpha value is -2.03. The summed E-state index contributed by atoms with van der Waals surface area (Å²) in [6.45, 7) is 0. The predicted octanol–water partition coefficient (Wildman–Crippen LogP) is 5.75. The van der Waals surface area contributed by atoms with Gasteiger partial charge in [0.05, 0.1) is 5.02 Å². The van der Waals surface area contributed by atoms with E-state index in [2.05, 4.69) is 0 Å². The first-order chi connectivity index (χ1) is 10.2. The molecule has 0 N–H and O–H groups in total. The quantitative estimate of drug-likeness (QED) is 0.575. The van der Waals surface area contributed by atoms with Crippen LogP contribution in [0.1, 0.15) is 10.4 Å². The van der Waals surface area contributed by atoms with Gasteiger partial charge in [0.15, 0.2) is 6.29 Å². The fourth-order valence-electron chi connectivity index (χ4n) is 2.16. The van der Waals surface area contributed by atoms with E-state index in [0.29, 0.717) is 27.1 Å². The van der Waals surface area contributed by atoms with E-state index in [-0.39, 0.29) is 0 Å². The maximum absolute atomic E-state index is 11.1. The molecule has 0 aromatic heterocycles. The number of ether oxygens (including phenoxy) is 1. The summed E-state index contributed by atoms with van der Waals surface area (Å²) in [4.78, 5) is 11.1. The van der Waals surface area contributed by atoms with Crippen LogP contribution in [0.4, 0.5) is 0 Å². The largest absolute Gasteiger partial charge is 0.455 e. The van der Waals surface area contributed by atoms with Gasteiger partial charge >= 0.3 is 0 Å². The van der Waals surface area contributed by atoms with Gasteiger partial charge in [-0.3, -0.25) is 4.79 Å². The molecular formula is C17H10Cl2O2. The molecule has 0 radical (unpaired) electrons. The van der Waals surface area contributed by atoms with Crippen molar-refractivity contribution in [2.24, 2.45) is 0 Å². The summed E-state index contributed by atoms with van der Waals surface area (Å²) in [6, 6.07) is 16.1. The maximum atomic E-state index is 11.1. The highest BCUT2D eigenvalue weighted by molar-refractivity contribution is 6.35. The lowest BCUT2D eigenvalue weighted by Crippen LogP contribution is -1.90. The number of halogens is 2. The van der Waals surface area contributed by atoms with Gasteiger partial charge in [0.25, 0.3) is 0 Å². The van der Waals surface area contributed by atoms with E-state index in [1.807, 2.05) is 24.3 Å². The Morgan fingerprint density at radius 2 is 1.57 bits per heavy atom. The molecule has 21 heavy (non-hydrogen) atoms. The van der Waals surface area contributed by atoms with Crippen molar-refractivity contribution < 1.29 is 9.53 Å². The van der Waals surface area contributed by atoms with Crippen LogP contribution in [0.15, 0.2) is 54.6 Å².